The molecule has 0 aliphatic carbocycles. The van der Waals surface area contributed by atoms with Crippen LogP contribution in [0.25, 0.3) is 0 Å². The SMILES string of the molecule is Cc1cc(C(O)c2ccc(OC(C)C)cc2)c(C)o1. The van der Waals surface area contributed by atoms with Gasteiger partial charge in [-0.25, -0.2) is 0 Å². The van der Waals surface area contributed by atoms with E-state index in [1.807, 2.05) is 58.0 Å². The van der Waals surface area contributed by atoms with Gasteiger partial charge in [0.15, 0.2) is 0 Å². The van der Waals surface area contributed by atoms with Crippen molar-refractivity contribution in [2.24, 2.45) is 0 Å². The van der Waals surface area contributed by atoms with Gasteiger partial charge >= 0.3 is 0 Å². The van der Waals surface area contributed by atoms with Crippen molar-refractivity contribution >= 4 is 0 Å². The summed E-state index contributed by atoms with van der Waals surface area (Å²) >= 11 is 0. The Morgan fingerprint density at radius 1 is 1.11 bits per heavy atom. The van der Waals surface area contributed by atoms with Gasteiger partial charge in [-0.1, -0.05) is 12.1 Å². The van der Waals surface area contributed by atoms with Gasteiger partial charge in [0.1, 0.15) is 23.4 Å². The number of aliphatic hydroxyl groups excluding tert-OH is 1. The van der Waals surface area contributed by atoms with E-state index >= 15 is 0 Å². The van der Waals surface area contributed by atoms with Crippen molar-refractivity contribution in [2.45, 2.75) is 39.9 Å². The molecule has 3 heteroatoms. The lowest BCUT2D eigenvalue weighted by Crippen LogP contribution is -2.06. The Kier molecular flexibility index (Phi) is 3.96. The van der Waals surface area contributed by atoms with Gasteiger partial charge < -0.3 is 14.3 Å². The van der Waals surface area contributed by atoms with Crippen LogP contribution in [0.5, 0.6) is 5.75 Å². The molecule has 0 saturated heterocycles. The maximum absolute atomic E-state index is 10.4. The highest BCUT2D eigenvalue weighted by atomic mass is 16.5. The number of rotatable bonds is 4. The second kappa shape index (κ2) is 5.49. The molecule has 1 aromatic heterocycles. The standard InChI is InChI=1S/C16H20O3/c1-10(2)18-14-7-5-13(6-8-14)16(17)15-9-11(3)19-12(15)4/h5-10,16-17H,1-4H3. The van der Waals surface area contributed by atoms with Crippen molar-refractivity contribution in [3.8, 4) is 5.75 Å². The molecule has 0 amide bonds. The van der Waals surface area contributed by atoms with Crippen molar-refractivity contribution in [1.29, 1.82) is 0 Å². The monoisotopic (exact) mass is 260 g/mol. The summed E-state index contributed by atoms with van der Waals surface area (Å²) in [5.74, 6) is 2.38. The highest BCUT2D eigenvalue weighted by molar-refractivity contribution is 5.35. The Bertz CT molecular complexity index is 538. The Hall–Kier alpha value is -1.74. The number of aryl methyl sites for hydroxylation is 2. The normalized spacial score (nSPS) is 12.7. The van der Waals surface area contributed by atoms with Crippen LogP contribution in [-0.4, -0.2) is 11.2 Å². The van der Waals surface area contributed by atoms with Crippen LogP contribution < -0.4 is 4.74 Å². The molecular weight excluding hydrogens is 240 g/mol. The van der Waals surface area contributed by atoms with Crippen LogP contribution in [0.2, 0.25) is 0 Å². The minimum absolute atomic E-state index is 0.148. The molecule has 0 spiro atoms. The van der Waals surface area contributed by atoms with E-state index < -0.39 is 6.10 Å². The first-order chi connectivity index (χ1) is 8.97. The minimum Gasteiger partial charge on any atom is -0.491 e. The molecule has 3 nitrogen and oxygen atoms in total. The van der Waals surface area contributed by atoms with Gasteiger partial charge in [-0.2, -0.15) is 0 Å². The first-order valence-electron chi connectivity index (χ1n) is 6.49. The largest absolute Gasteiger partial charge is 0.491 e. The highest BCUT2D eigenvalue weighted by Crippen LogP contribution is 2.28. The summed E-state index contributed by atoms with van der Waals surface area (Å²) < 4.78 is 11.0. The Balaban J connectivity index is 2.20. The number of benzene rings is 1. The topological polar surface area (TPSA) is 42.6 Å². The molecule has 19 heavy (non-hydrogen) atoms. The van der Waals surface area contributed by atoms with Crippen LogP contribution >= 0.6 is 0 Å². The Morgan fingerprint density at radius 3 is 2.21 bits per heavy atom. The minimum atomic E-state index is -0.662. The van der Waals surface area contributed by atoms with Gasteiger partial charge in [-0.05, 0) is 51.5 Å². The lowest BCUT2D eigenvalue weighted by molar-refractivity contribution is 0.217. The van der Waals surface area contributed by atoms with E-state index in [-0.39, 0.29) is 6.10 Å². The van der Waals surface area contributed by atoms with E-state index in [4.69, 9.17) is 9.15 Å². The molecule has 1 atom stereocenters. The molecule has 0 radical (unpaired) electrons. The molecule has 102 valence electrons. The number of furan rings is 1. The number of hydrogen-bond acceptors (Lipinski definition) is 3. The average molecular weight is 260 g/mol. The lowest BCUT2D eigenvalue weighted by Gasteiger charge is -2.13. The Labute approximate surface area is 113 Å². The van der Waals surface area contributed by atoms with Crippen LogP contribution in [-0.2, 0) is 0 Å². The molecule has 2 aromatic rings. The zero-order chi connectivity index (χ0) is 14.0. The molecule has 2 rings (SSSR count). The molecule has 0 aliphatic heterocycles. The molecule has 1 unspecified atom stereocenters. The van der Waals surface area contributed by atoms with Crippen molar-refractivity contribution in [2.75, 3.05) is 0 Å². The molecule has 1 N–H and O–H groups in total. The van der Waals surface area contributed by atoms with Crippen molar-refractivity contribution in [3.63, 3.8) is 0 Å². The zero-order valence-corrected chi connectivity index (χ0v) is 11.8. The summed E-state index contributed by atoms with van der Waals surface area (Å²) in [6.45, 7) is 7.71. The summed E-state index contributed by atoms with van der Waals surface area (Å²) in [6.07, 6.45) is -0.514. The van der Waals surface area contributed by atoms with Gasteiger partial charge in [-0.3, -0.25) is 0 Å². The molecule has 1 heterocycles. The van der Waals surface area contributed by atoms with Crippen molar-refractivity contribution in [1.82, 2.24) is 0 Å². The van der Waals surface area contributed by atoms with Crippen LogP contribution in [0.4, 0.5) is 0 Å². The van der Waals surface area contributed by atoms with Crippen LogP contribution in [0.1, 0.15) is 42.6 Å². The third-order valence-corrected chi connectivity index (χ3v) is 2.94. The quantitative estimate of drug-likeness (QED) is 0.910. The zero-order valence-electron chi connectivity index (χ0n) is 11.8. The van der Waals surface area contributed by atoms with Gasteiger partial charge in [-0.15, -0.1) is 0 Å². The molecule has 0 saturated carbocycles. The summed E-state index contributed by atoms with van der Waals surface area (Å²) in [5, 5.41) is 10.4. The first-order valence-corrected chi connectivity index (χ1v) is 6.49. The summed E-state index contributed by atoms with van der Waals surface area (Å²) in [7, 11) is 0. The van der Waals surface area contributed by atoms with E-state index in [1.165, 1.54) is 0 Å². The fraction of sp³-hybridized carbons (Fsp3) is 0.375. The fourth-order valence-electron chi connectivity index (χ4n) is 2.10. The van der Waals surface area contributed by atoms with E-state index in [0.29, 0.717) is 0 Å². The molecule has 0 fully saturated rings. The Morgan fingerprint density at radius 2 is 1.74 bits per heavy atom. The summed E-state index contributed by atoms with van der Waals surface area (Å²) in [6, 6.07) is 9.38. The smallest absolute Gasteiger partial charge is 0.119 e. The van der Waals surface area contributed by atoms with Crippen molar-refractivity contribution < 1.29 is 14.3 Å². The maximum atomic E-state index is 10.4. The second-order valence-corrected chi connectivity index (χ2v) is 5.01. The van der Waals surface area contributed by atoms with Crippen LogP contribution in [0.15, 0.2) is 34.7 Å². The van der Waals surface area contributed by atoms with E-state index in [9.17, 15) is 5.11 Å². The van der Waals surface area contributed by atoms with Gasteiger partial charge in [0, 0.05) is 5.56 Å². The van der Waals surface area contributed by atoms with E-state index in [1.54, 1.807) is 0 Å². The summed E-state index contributed by atoms with van der Waals surface area (Å²) in [4.78, 5) is 0. The molecular formula is C16H20O3. The molecule has 0 aliphatic rings. The van der Waals surface area contributed by atoms with Crippen LogP contribution in [0, 0.1) is 13.8 Å². The second-order valence-electron chi connectivity index (χ2n) is 5.01. The third-order valence-electron chi connectivity index (χ3n) is 2.94. The predicted octanol–water partition coefficient (Wildman–Crippen LogP) is 3.77. The van der Waals surface area contributed by atoms with Gasteiger partial charge in [0.25, 0.3) is 0 Å². The van der Waals surface area contributed by atoms with E-state index in [0.717, 1.165) is 28.4 Å². The summed E-state index contributed by atoms with van der Waals surface area (Å²) in [5.41, 5.74) is 1.65. The molecule has 1 aromatic carbocycles. The van der Waals surface area contributed by atoms with Gasteiger partial charge in [0.05, 0.1) is 6.10 Å². The van der Waals surface area contributed by atoms with Gasteiger partial charge in [0.2, 0.25) is 0 Å². The predicted molar refractivity (Wildman–Crippen MR) is 74.4 cm³/mol. The number of hydrogen-bond donors (Lipinski definition) is 1. The molecule has 0 bridgehead atoms. The maximum Gasteiger partial charge on any atom is 0.119 e. The highest BCUT2D eigenvalue weighted by Gasteiger charge is 2.16. The van der Waals surface area contributed by atoms with Crippen molar-refractivity contribution in [3.05, 3.63) is 53.0 Å². The third kappa shape index (κ3) is 3.18. The van der Waals surface area contributed by atoms with Crippen LogP contribution in [0.3, 0.4) is 0 Å². The number of ether oxygens (including phenoxy) is 1. The lowest BCUT2D eigenvalue weighted by atomic mass is 10.0. The first kappa shape index (κ1) is 13.7. The fourth-order valence-corrected chi connectivity index (χ4v) is 2.10. The number of aliphatic hydroxyl groups is 1. The average Bonchev–Trinajstić information content (AvgIpc) is 2.68. The van der Waals surface area contributed by atoms with E-state index in [2.05, 4.69) is 0 Å².